The van der Waals surface area contributed by atoms with Crippen molar-refractivity contribution in [2.24, 2.45) is 0 Å². The molecule has 0 unspecified atom stereocenters. The maximum absolute atomic E-state index is 7.09. The van der Waals surface area contributed by atoms with Crippen molar-refractivity contribution in [2.75, 3.05) is 4.90 Å². The molecule has 0 atom stereocenters. The van der Waals surface area contributed by atoms with Crippen molar-refractivity contribution < 1.29 is 4.74 Å². The lowest BCUT2D eigenvalue weighted by Crippen LogP contribution is -2.16. The SMILES string of the molecule is CC1(C)c2cc(-c3ccc4c(c3)Oc3cc(-c5ccc6c(c5)C(C)(C)c5cc(-c7ccccc7)c7ccccc7c5-6)ccc3N4c3ccccc3)ccc2-c2c1cc(-c1ccccc1)c1ccccc21. The Balaban J connectivity index is 0.851. The predicted octanol–water partition coefficient (Wildman–Crippen LogP) is 18.8. The molecule has 70 heavy (non-hydrogen) atoms. The molecule has 0 radical (unpaired) electrons. The first kappa shape index (κ1) is 40.6. The third-order valence-corrected chi connectivity index (χ3v) is 15.8. The van der Waals surface area contributed by atoms with E-state index in [1.54, 1.807) is 0 Å². The van der Waals surface area contributed by atoms with Gasteiger partial charge in [-0.2, -0.15) is 0 Å². The number of anilines is 3. The standard InChI is InChI=1S/C68H49NO/c1-67(2)57-36-44(28-32-53(57)65-51-26-16-14-24-49(51)55(40-59(65)67)42-18-8-5-9-19-42)46-30-34-61-63(38-46)70-64-39-47(31-35-62(64)69(61)48-22-12-7-13-23-48)45-29-33-54-58(37-45)68(3,4)60-41-56(43-20-10-6-11-21-43)50-25-15-17-27-52(50)66(54)60/h5-41H,1-4H3. The fourth-order valence-corrected chi connectivity index (χ4v) is 12.3. The van der Waals surface area contributed by atoms with Crippen LogP contribution in [0.3, 0.4) is 0 Å². The molecule has 2 heteroatoms. The second-order valence-corrected chi connectivity index (χ2v) is 20.4. The molecule has 0 amide bonds. The van der Waals surface area contributed by atoms with Gasteiger partial charge in [-0.25, -0.2) is 0 Å². The molecule has 0 saturated carbocycles. The average molecular weight is 896 g/mol. The molecular weight excluding hydrogens is 847 g/mol. The van der Waals surface area contributed by atoms with E-state index in [9.17, 15) is 0 Å². The van der Waals surface area contributed by atoms with Crippen molar-refractivity contribution >= 4 is 38.6 Å². The molecule has 0 bridgehead atoms. The predicted molar refractivity (Wildman–Crippen MR) is 293 cm³/mol. The number of hydrogen-bond donors (Lipinski definition) is 0. The number of hydrogen-bond acceptors (Lipinski definition) is 2. The highest BCUT2D eigenvalue weighted by molar-refractivity contribution is 6.11. The summed E-state index contributed by atoms with van der Waals surface area (Å²) in [5.41, 5.74) is 23.2. The molecule has 11 aromatic rings. The Hall–Kier alpha value is -8.46. The van der Waals surface area contributed by atoms with E-state index < -0.39 is 0 Å². The minimum Gasteiger partial charge on any atom is -0.453 e. The van der Waals surface area contributed by atoms with Gasteiger partial charge in [0.1, 0.15) is 0 Å². The van der Waals surface area contributed by atoms with E-state index in [0.717, 1.165) is 39.7 Å². The minimum atomic E-state index is -0.202. The smallest absolute Gasteiger partial charge is 0.152 e. The number of nitrogens with zero attached hydrogens (tertiary/aromatic N) is 1. The van der Waals surface area contributed by atoms with Gasteiger partial charge in [0, 0.05) is 16.5 Å². The van der Waals surface area contributed by atoms with Crippen LogP contribution in [0.15, 0.2) is 224 Å². The number of para-hydroxylation sites is 1. The molecule has 0 aromatic heterocycles. The van der Waals surface area contributed by atoms with Crippen LogP contribution in [-0.2, 0) is 10.8 Å². The van der Waals surface area contributed by atoms with Crippen LogP contribution < -0.4 is 9.64 Å². The summed E-state index contributed by atoms with van der Waals surface area (Å²) < 4.78 is 7.09. The molecule has 0 fully saturated rings. The Kier molecular flexibility index (Phi) is 8.71. The van der Waals surface area contributed by atoms with Gasteiger partial charge in [-0.05, 0) is 171 Å². The third kappa shape index (κ3) is 5.93. The van der Waals surface area contributed by atoms with Crippen molar-refractivity contribution in [1.29, 1.82) is 0 Å². The Morgan fingerprint density at radius 1 is 0.300 bits per heavy atom. The molecule has 14 rings (SSSR count). The summed E-state index contributed by atoms with van der Waals surface area (Å²) in [7, 11) is 0. The van der Waals surface area contributed by atoms with Gasteiger partial charge in [0.25, 0.3) is 0 Å². The highest BCUT2D eigenvalue weighted by Crippen LogP contribution is 2.57. The fraction of sp³-hybridized carbons (Fsp3) is 0.0882. The molecule has 1 heterocycles. The molecule has 0 spiro atoms. The van der Waals surface area contributed by atoms with Crippen LogP contribution in [0.4, 0.5) is 17.1 Å². The number of ether oxygens (including phenoxy) is 1. The van der Waals surface area contributed by atoms with E-state index in [0.29, 0.717) is 0 Å². The molecule has 1 aliphatic heterocycles. The van der Waals surface area contributed by atoms with Gasteiger partial charge in [-0.15, -0.1) is 0 Å². The van der Waals surface area contributed by atoms with Crippen LogP contribution in [0.25, 0.3) is 88.3 Å². The zero-order chi connectivity index (χ0) is 46.9. The van der Waals surface area contributed by atoms with Crippen LogP contribution >= 0.6 is 0 Å². The van der Waals surface area contributed by atoms with Gasteiger partial charge in [0.15, 0.2) is 11.5 Å². The monoisotopic (exact) mass is 895 g/mol. The lowest BCUT2D eigenvalue weighted by Gasteiger charge is -2.33. The number of benzene rings is 11. The van der Waals surface area contributed by atoms with E-state index in [-0.39, 0.29) is 10.8 Å². The maximum Gasteiger partial charge on any atom is 0.152 e. The van der Waals surface area contributed by atoms with Gasteiger partial charge in [0.2, 0.25) is 0 Å². The summed E-state index contributed by atoms with van der Waals surface area (Å²) in [5, 5.41) is 5.18. The van der Waals surface area contributed by atoms with Gasteiger partial charge < -0.3 is 9.64 Å². The van der Waals surface area contributed by atoms with Gasteiger partial charge in [-0.3, -0.25) is 0 Å². The lowest BCUT2D eigenvalue weighted by molar-refractivity contribution is 0.477. The van der Waals surface area contributed by atoms with Crippen LogP contribution in [0, 0.1) is 0 Å². The zero-order valence-corrected chi connectivity index (χ0v) is 39.7. The molecule has 332 valence electrons. The summed E-state index contributed by atoms with van der Waals surface area (Å²) in [6.45, 7) is 9.55. The zero-order valence-electron chi connectivity index (χ0n) is 39.7. The van der Waals surface area contributed by atoms with Crippen LogP contribution in [-0.4, -0.2) is 0 Å². The van der Waals surface area contributed by atoms with Crippen molar-refractivity contribution in [2.45, 2.75) is 38.5 Å². The Labute approximate surface area is 409 Å². The van der Waals surface area contributed by atoms with Gasteiger partial charge >= 0.3 is 0 Å². The van der Waals surface area contributed by atoms with E-state index in [1.165, 1.54) is 99.4 Å². The van der Waals surface area contributed by atoms with Crippen molar-refractivity contribution in [3.8, 4) is 78.3 Å². The van der Waals surface area contributed by atoms with Crippen molar-refractivity contribution in [1.82, 2.24) is 0 Å². The molecule has 2 nitrogen and oxygen atoms in total. The van der Waals surface area contributed by atoms with E-state index in [4.69, 9.17) is 4.74 Å². The first-order valence-electron chi connectivity index (χ1n) is 24.6. The fourth-order valence-electron chi connectivity index (χ4n) is 12.3. The lowest BCUT2D eigenvalue weighted by atomic mass is 9.80. The van der Waals surface area contributed by atoms with E-state index in [2.05, 4.69) is 257 Å². The summed E-state index contributed by atoms with van der Waals surface area (Å²) >= 11 is 0. The summed E-state index contributed by atoms with van der Waals surface area (Å²) in [6.07, 6.45) is 0. The van der Waals surface area contributed by atoms with E-state index in [1.807, 2.05) is 0 Å². The molecule has 3 aliphatic rings. The van der Waals surface area contributed by atoms with Crippen molar-refractivity contribution in [3.05, 3.63) is 247 Å². The van der Waals surface area contributed by atoms with Crippen molar-refractivity contribution in [3.63, 3.8) is 0 Å². The minimum absolute atomic E-state index is 0.202. The van der Waals surface area contributed by atoms with Crippen LogP contribution in [0.1, 0.15) is 49.9 Å². The quantitative estimate of drug-likeness (QED) is 0.171. The number of rotatable bonds is 5. The highest BCUT2D eigenvalue weighted by atomic mass is 16.5. The summed E-state index contributed by atoms with van der Waals surface area (Å²) in [5.74, 6) is 1.67. The summed E-state index contributed by atoms with van der Waals surface area (Å²) in [6, 6.07) is 82.7. The van der Waals surface area contributed by atoms with E-state index >= 15 is 0 Å². The molecule has 0 saturated heterocycles. The largest absolute Gasteiger partial charge is 0.453 e. The Morgan fingerprint density at radius 3 is 1.11 bits per heavy atom. The number of fused-ring (bicyclic) bond motifs is 12. The topological polar surface area (TPSA) is 12.5 Å². The first-order valence-corrected chi connectivity index (χ1v) is 24.6. The second kappa shape index (κ2) is 15.0. The molecule has 0 N–H and O–H groups in total. The van der Waals surface area contributed by atoms with Gasteiger partial charge in [-0.1, -0.05) is 191 Å². The Bertz CT molecular complexity index is 3720. The first-order chi connectivity index (χ1) is 34.2. The normalized spacial score (nSPS) is 14.3. The van der Waals surface area contributed by atoms with Crippen LogP contribution in [0.2, 0.25) is 0 Å². The summed E-state index contributed by atoms with van der Waals surface area (Å²) in [4.78, 5) is 2.34. The maximum atomic E-state index is 7.09. The molecule has 2 aliphatic carbocycles. The third-order valence-electron chi connectivity index (χ3n) is 15.8. The second-order valence-electron chi connectivity index (χ2n) is 20.4. The molecule has 11 aromatic carbocycles. The molecular formula is C68H49NO. The Morgan fingerprint density at radius 2 is 0.671 bits per heavy atom. The van der Waals surface area contributed by atoms with Gasteiger partial charge in [0.05, 0.1) is 11.4 Å². The average Bonchev–Trinajstić information content (AvgIpc) is 3.78. The highest BCUT2D eigenvalue weighted by Gasteiger charge is 2.39. The van der Waals surface area contributed by atoms with Crippen LogP contribution in [0.5, 0.6) is 11.5 Å².